The molecule has 3 unspecified atom stereocenters. The SMILES string of the molecule is CCC(C)C(NC(=O)CCC(N)C(=O)O)C(=O)O. The summed E-state index contributed by atoms with van der Waals surface area (Å²) in [5.41, 5.74) is 5.25. The van der Waals surface area contributed by atoms with Gasteiger partial charge in [-0.1, -0.05) is 20.3 Å². The molecule has 0 radical (unpaired) electrons. The van der Waals surface area contributed by atoms with Gasteiger partial charge in [-0.05, 0) is 12.3 Å². The molecule has 7 nitrogen and oxygen atoms in total. The summed E-state index contributed by atoms with van der Waals surface area (Å²) in [6.45, 7) is 3.55. The number of amides is 1. The molecule has 0 aromatic rings. The number of hydrogen-bond acceptors (Lipinski definition) is 4. The average Bonchev–Trinajstić information content (AvgIpc) is 2.31. The van der Waals surface area contributed by atoms with Gasteiger partial charge in [0.1, 0.15) is 12.1 Å². The molecule has 0 heterocycles. The van der Waals surface area contributed by atoms with Crippen molar-refractivity contribution in [2.24, 2.45) is 11.7 Å². The summed E-state index contributed by atoms with van der Waals surface area (Å²) in [7, 11) is 0. The summed E-state index contributed by atoms with van der Waals surface area (Å²) in [5.74, 6) is -2.97. The van der Waals surface area contributed by atoms with Gasteiger partial charge in [0.2, 0.25) is 5.91 Å². The highest BCUT2D eigenvalue weighted by Crippen LogP contribution is 2.08. The van der Waals surface area contributed by atoms with Gasteiger partial charge in [-0.15, -0.1) is 0 Å². The minimum Gasteiger partial charge on any atom is -0.480 e. The first-order valence-corrected chi connectivity index (χ1v) is 5.80. The van der Waals surface area contributed by atoms with Crippen LogP contribution in [0.3, 0.4) is 0 Å². The number of carbonyl (C=O) groups excluding carboxylic acids is 1. The minimum atomic E-state index is -1.18. The van der Waals surface area contributed by atoms with Gasteiger partial charge in [-0.25, -0.2) is 4.79 Å². The Bertz CT molecular complexity index is 319. The maximum absolute atomic E-state index is 11.5. The zero-order valence-corrected chi connectivity index (χ0v) is 10.5. The van der Waals surface area contributed by atoms with Crippen molar-refractivity contribution in [3.8, 4) is 0 Å². The molecule has 0 saturated heterocycles. The van der Waals surface area contributed by atoms with Crippen LogP contribution in [0.2, 0.25) is 0 Å². The summed E-state index contributed by atoms with van der Waals surface area (Å²) in [6.07, 6.45) is 0.494. The van der Waals surface area contributed by atoms with Crippen molar-refractivity contribution in [2.75, 3.05) is 0 Å². The van der Waals surface area contributed by atoms with Crippen LogP contribution >= 0.6 is 0 Å². The number of nitrogens with one attached hydrogen (secondary N) is 1. The molecule has 0 bridgehead atoms. The molecule has 0 aliphatic carbocycles. The van der Waals surface area contributed by atoms with E-state index in [1.807, 2.05) is 6.92 Å². The van der Waals surface area contributed by atoms with Crippen LogP contribution in [0.15, 0.2) is 0 Å². The van der Waals surface area contributed by atoms with E-state index in [0.717, 1.165) is 0 Å². The second-order valence-electron chi connectivity index (χ2n) is 4.25. The second kappa shape index (κ2) is 7.65. The lowest BCUT2D eigenvalue weighted by molar-refractivity contribution is -0.143. The highest BCUT2D eigenvalue weighted by atomic mass is 16.4. The van der Waals surface area contributed by atoms with E-state index in [9.17, 15) is 14.4 Å². The summed E-state index contributed by atoms with van der Waals surface area (Å²) in [5, 5.41) is 19.9. The van der Waals surface area contributed by atoms with Crippen LogP contribution in [0.4, 0.5) is 0 Å². The number of carbonyl (C=O) groups is 3. The van der Waals surface area contributed by atoms with Gasteiger partial charge in [0.25, 0.3) is 0 Å². The Morgan fingerprint density at radius 3 is 2.17 bits per heavy atom. The predicted octanol–water partition coefficient (Wildman–Crippen LogP) is -0.206. The Balaban J connectivity index is 4.27. The first kappa shape index (κ1) is 16.4. The van der Waals surface area contributed by atoms with E-state index < -0.39 is 29.9 Å². The summed E-state index contributed by atoms with van der Waals surface area (Å²) < 4.78 is 0. The van der Waals surface area contributed by atoms with Crippen LogP contribution in [0.5, 0.6) is 0 Å². The molecule has 0 aliphatic rings. The number of carboxylic acid groups (broad SMARTS) is 2. The Morgan fingerprint density at radius 1 is 1.22 bits per heavy atom. The fourth-order valence-electron chi connectivity index (χ4n) is 1.34. The summed E-state index contributed by atoms with van der Waals surface area (Å²) in [4.78, 5) is 32.9. The van der Waals surface area contributed by atoms with Crippen molar-refractivity contribution in [3.63, 3.8) is 0 Å². The van der Waals surface area contributed by atoms with Crippen LogP contribution in [0.25, 0.3) is 0 Å². The third-order valence-corrected chi connectivity index (χ3v) is 2.80. The Labute approximate surface area is 105 Å². The minimum absolute atomic E-state index is 0.0198. The standard InChI is InChI=1S/C11H20N2O5/c1-3-6(2)9(11(17)18)13-8(14)5-4-7(12)10(15)16/h6-7,9H,3-5,12H2,1-2H3,(H,13,14)(H,15,16)(H,17,18). The third-order valence-electron chi connectivity index (χ3n) is 2.80. The first-order valence-electron chi connectivity index (χ1n) is 5.80. The largest absolute Gasteiger partial charge is 0.480 e. The van der Waals surface area contributed by atoms with E-state index in [0.29, 0.717) is 6.42 Å². The molecule has 0 aromatic carbocycles. The van der Waals surface area contributed by atoms with Crippen molar-refractivity contribution >= 4 is 17.8 Å². The molecule has 0 saturated carbocycles. The number of hydrogen-bond donors (Lipinski definition) is 4. The van der Waals surface area contributed by atoms with Crippen molar-refractivity contribution < 1.29 is 24.6 Å². The van der Waals surface area contributed by atoms with E-state index >= 15 is 0 Å². The van der Waals surface area contributed by atoms with Gasteiger partial charge in [0.05, 0.1) is 0 Å². The quantitative estimate of drug-likeness (QED) is 0.478. The lowest BCUT2D eigenvalue weighted by atomic mass is 9.99. The third kappa shape index (κ3) is 5.62. The van der Waals surface area contributed by atoms with Crippen LogP contribution in [-0.4, -0.2) is 40.1 Å². The van der Waals surface area contributed by atoms with Gasteiger partial charge in [0.15, 0.2) is 0 Å². The van der Waals surface area contributed by atoms with E-state index in [1.54, 1.807) is 6.92 Å². The summed E-state index contributed by atoms with van der Waals surface area (Å²) >= 11 is 0. The van der Waals surface area contributed by atoms with E-state index in [-0.39, 0.29) is 18.8 Å². The molecular weight excluding hydrogens is 240 g/mol. The second-order valence-corrected chi connectivity index (χ2v) is 4.25. The lowest BCUT2D eigenvalue weighted by Crippen LogP contribution is -2.45. The molecule has 0 aromatic heterocycles. The fraction of sp³-hybridized carbons (Fsp3) is 0.727. The topological polar surface area (TPSA) is 130 Å². The molecule has 104 valence electrons. The summed E-state index contributed by atoms with van der Waals surface area (Å²) in [6, 6.07) is -2.06. The molecule has 1 amide bonds. The number of aliphatic carboxylic acids is 2. The molecule has 7 heteroatoms. The molecule has 0 fully saturated rings. The molecule has 3 atom stereocenters. The van der Waals surface area contributed by atoms with E-state index in [2.05, 4.69) is 5.32 Å². The molecule has 0 spiro atoms. The van der Waals surface area contributed by atoms with Crippen LogP contribution in [-0.2, 0) is 14.4 Å². The Morgan fingerprint density at radius 2 is 1.78 bits per heavy atom. The fourth-order valence-corrected chi connectivity index (χ4v) is 1.34. The average molecular weight is 260 g/mol. The van der Waals surface area contributed by atoms with E-state index in [1.165, 1.54) is 0 Å². The van der Waals surface area contributed by atoms with Gasteiger partial charge < -0.3 is 21.3 Å². The molecule has 18 heavy (non-hydrogen) atoms. The van der Waals surface area contributed by atoms with Crippen LogP contribution < -0.4 is 11.1 Å². The van der Waals surface area contributed by atoms with Gasteiger partial charge in [-0.2, -0.15) is 0 Å². The Hall–Kier alpha value is -1.63. The molecule has 0 aliphatic heterocycles. The monoisotopic (exact) mass is 260 g/mol. The number of nitrogens with two attached hydrogens (primary N) is 1. The number of rotatable bonds is 8. The lowest BCUT2D eigenvalue weighted by Gasteiger charge is -2.20. The molecular formula is C11H20N2O5. The first-order chi connectivity index (χ1) is 8.29. The van der Waals surface area contributed by atoms with Crippen LogP contribution in [0, 0.1) is 5.92 Å². The van der Waals surface area contributed by atoms with Gasteiger partial charge >= 0.3 is 11.9 Å². The number of carboxylic acids is 2. The van der Waals surface area contributed by atoms with Crippen LogP contribution in [0.1, 0.15) is 33.1 Å². The zero-order chi connectivity index (χ0) is 14.3. The predicted molar refractivity (Wildman–Crippen MR) is 63.9 cm³/mol. The maximum atomic E-state index is 11.5. The van der Waals surface area contributed by atoms with Crippen molar-refractivity contribution in [1.29, 1.82) is 0 Å². The smallest absolute Gasteiger partial charge is 0.326 e. The maximum Gasteiger partial charge on any atom is 0.326 e. The Kier molecular flexibility index (Phi) is 6.96. The molecule has 5 N–H and O–H groups in total. The zero-order valence-electron chi connectivity index (χ0n) is 10.5. The van der Waals surface area contributed by atoms with Gasteiger partial charge in [-0.3, -0.25) is 9.59 Å². The molecule has 0 rings (SSSR count). The van der Waals surface area contributed by atoms with Crippen molar-refractivity contribution in [3.05, 3.63) is 0 Å². The highest BCUT2D eigenvalue weighted by Gasteiger charge is 2.25. The van der Waals surface area contributed by atoms with E-state index in [4.69, 9.17) is 15.9 Å². The normalized spacial score (nSPS) is 15.5. The highest BCUT2D eigenvalue weighted by molar-refractivity contribution is 5.84. The van der Waals surface area contributed by atoms with Crippen molar-refractivity contribution in [1.82, 2.24) is 5.32 Å². The van der Waals surface area contributed by atoms with Gasteiger partial charge in [0, 0.05) is 6.42 Å². The van der Waals surface area contributed by atoms with Crippen molar-refractivity contribution in [2.45, 2.75) is 45.2 Å².